The largest absolute Gasteiger partial charge is 0.329 e. The van der Waals surface area contributed by atoms with E-state index in [1.807, 2.05) is 12.4 Å². The summed E-state index contributed by atoms with van der Waals surface area (Å²) in [6.45, 7) is 3.83. The minimum Gasteiger partial charge on any atom is -0.329 e. The average molecular weight is 272 g/mol. The Morgan fingerprint density at radius 3 is 2.65 bits per heavy atom. The van der Waals surface area contributed by atoms with Crippen LogP contribution in [-0.2, 0) is 12.0 Å². The van der Waals surface area contributed by atoms with Gasteiger partial charge >= 0.3 is 0 Å². The molecule has 0 aromatic carbocycles. The summed E-state index contributed by atoms with van der Waals surface area (Å²) < 4.78 is 2.34. The van der Waals surface area contributed by atoms with Gasteiger partial charge in [0.05, 0.1) is 11.7 Å². The van der Waals surface area contributed by atoms with Crippen LogP contribution in [0.15, 0.2) is 18.5 Å². The molecule has 4 heteroatoms. The molecule has 20 heavy (non-hydrogen) atoms. The molecule has 3 rings (SSSR count). The lowest BCUT2D eigenvalue weighted by Gasteiger charge is -2.31. The van der Waals surface area contributed by atoms with Crippen molar-refractivity contribution in [2.45, 2.75) is 57.4 Å². The zero-order valence-corrected chi connectivity index (χ0v) is 12.3. The normalized spacial score (nSPS) is 19.1. The van der Waals surface area contributed by atoms with Crippen LogP contribution in [0.2, 0.25) is 0 Å². The smallest absolute Gasteiger partial charge is 0.117 e. The molecular weight excluding hydrogens is 248 g/mol. The highest BCUT2D eigenvalue weighted by Crippen LogP contribution is 2.38. The lowest BCUT2D eigenvalue weighted by Crippen LogP contribution is -2.37. The molecule has 2 aromatic rings. The number of aryl methyl sites for hydroxylation is 1. The van der Waals surface area contributed by atoms with Gasteiger partial charge in [-0.25, -0.2) is 4.98 Å². The van der Waals surface area contributed by atoms with E-state index in [0.29, 0.717) is 6.54 Å². The molecule has 0 aliphatic heterocycles. The van der Waals surface area contributed by atoms with E-state index in [0.717, 1.165) is 12.1 Å². The quantitative estimate of drug-likeness (QED) is 0.874. The zero-order valence-electron chi connectivity index (χ0n) is 12.3. The second-order valence-corrected chi connectivity index (χ2v) is 5.94. The van der Waals surface area contributed by atoms with Crippen molar-refractivity contribution in [3.8, 4) is 0 Å². The number of imidazole rings is 1. The minimum atomic E-state index is 0.0610. The van der Waals surface area contributed by atoms with E-state index in [-0.39, 0.29) is 5.41 Å². The second-order valence-electron chi connectivity index (χ2n) is 5.94. The average Bonchev–Trinajstić information content (AvgIpc) is 2.70. The summed E-state index contributed by atoms with van der Waals surface area (Å²) in [5.41, 5.74) is 8.47. The summed E-state index contributed by atoms with van der Waals surface area (Å²) in [5, 5.41) is 0. The van der Waals surface area contributed by atoms with Crippen LogP contribution in [0.3, 0.4) is 0 Å². The van der Waals surface area contributed by atoms with Gasteiger partial charge in [0.25, 0.3) is 0 Å². The van der Waals surface area contributed by atoms with Crippen molar-refractivity contribution in [2.75, 3.05) is 6.54 Å². The molecule has 1 saturated carbocycles. The van der Waals surface area contributed by atoms with E-state index in [9.17, 15) is 0 Å². The monoisotopic (exact) mass is 272 g/mol. The van der Waals surface area contributed by atoms with Crippen LogP contribution >= 0.6 is 0 Å². The van der Waals surface area contributed by atoms with Gasteiger partial charge < -0.3 is 10.3 Å². The Hall–Kier alpha value is -1.42. The predicted molar refractivity (Wildman–Crippen MR) is 81.6 cm³/mol. The lowest BCUT2D eigenvalue weighted by atomic mass is 9.79. The molecule has 0 radical (unpaired) electrons. The van der Waals surface area contributed by atoms with Gasteiger partial charge in [0.1, 0.15) is 11.3 Å². The maximum Gasteiger partial charge on any atom is 0.117 e. The number of hydrogen-bond donors (Lipinski definition) is 1. The third-order valence-electron chi connectivity index (χ3n) is 4.79. The number of pyridine rings is 1. The summed E-state index contributed by atoms with van der Waals surface area (Å²) in [6, 6.07) is 2.07. The molecule has 1 aliphatic rings. The fourth-order valence-corrected chi connectivity index (χ4v) is 3.63. The van der Waals surface area contributed by atoms with Gasteiger partial charge in [0.15, 0.2) is 0 Å². The summed E-state index contributed by atoms with van der Waals surface area (Å²) >= 11 is 0. The predicted octanol–water partition coefficient (Wildman–Crippen LogP) is 3.00. The topological polar surface area (TPSA) is 56.7 Å². The first-order valence-corrected chi connectivity index (χ1v) is 7.81. The summed E-state index contributed by atoms with van der Waals surface area (Å²) in [7, 11) is 0. The molecule has 2 N–H and O–H groups in total. The minimum absolute atomic E-state index is 0.0610. The van der Waals surface area contributed by atoms with Gasteiger partial charge in [-0.15, -0.1) is 0 Å². The van der Waals surface area contributed by atoms with Crippen LogP contribution in [0.1, 0.15) is 51.3 Å². The Morgan fingerprint density at radius 1 is 1.25 bits per heavy atom. The van der Waals surface area contributed by atoms with Crippen LogP contribution in [0.5, 0.6) is 0 Å². The molecule has 2 aromatic heterocycles. The summed E-state index contributed by atoms with van der Waals surface area (Å²) in [4.78, 5) is 9.12. The molecule has 0 spiro atoms. The molecular formula is C16H24N4. The van der Waals surface area contributed by atoms with Gasteiger partial charge in [-0.1, -0.05) is 25.7 Å². The van der Waals surface area contributed by atoms with Gasteiger partial charge in [0.2, 0.25) is 0 Å². The molecule has 0 saturated heterocycles. The summed E-state index contributed by atoms with van der Waals surface area (Å²) in [6.07, 6.45) is 11.2. The van der Waals surface area contributed by atoms with E-state index in [2.05, 4.69) is 22.5 Å². The van der Waals surface area contributed by atoms with Crippen LogP contribution in [0.4, 0.5) is 0 Å². The van der Waals surface area contributed by atoms with Crippen molar-refractivity contribution in [3.63, 3.8) is 0 Å². The van der Waals surface area contributed by atoms with E-state index < -0.39 is 0 Å². The third-order valence-corrected chi connectivity index (χ3v) is 4.79. The van der Waals surface area contributed by atoms with Crippen molar-refractivity contribution in [2.24, 2.45) is 5.73 Å². The van der Waals surface area contributed by atoms with E-state index in [1.54, 1.807) is 0 Å². The van der Waals surface area contributed by atoms with Crippen LogP contribution in [0.25, 0.3) is 11.0 Å². The van der Waals surface area contributed by atoms with Gasteiger partial charge in [-0.3, -0.25) is 4.98 Å². The van der Waals surface area contributed by atoms with Gasteiger partial charge in [0, 0.05) is 24.7 Å². The Morgan fingerprint density at radius 2 is 2.00 bits per heavy atom. The molecule has 1 aliphatic carbocycles. The van der Waals surface area contributed by atoms with E-state index in [4.69, 9.17) is 10.7 Å². The Balaban J connectivity index is 2.15. The first-order chi connectivity index (χ1) is 9.80. The molecule has 1 fully saturated rings. The highest BCUT2D eigenvalue weighted by atomic mass is 15.1. The molecule has 0 amide bonds. The van der Waals surface area contributed by atoms with Crippen molar-refractivity contribution in [1.82, 2.24) is 14.5 Å². The third kappa shape index (κ3) is 2.12. The Kier molecular flexibility index (Phi) is 3.74. The van der Waals surface area contributed by atoms with Gasteiger partial charge in [-0.2, -0.15) is 0 Å². The molecule has 108 valence electrons. The van der Waals surface area contributed by atoms with Crippen molar-refractivity contribution < 1.29 is 0 Å². The number of fused-ring (bicyclic) bond motifs is 1. The van der Waals surface area contributed by atoms with E-state index in [1.165, 1.54) is 49.9 Å². The molecule has 2 heterocycles. The molecule has 4 nitrogen and oxygen atoms in total. The second kappa shape index (κ2) is 5.52. The van der Waals surface area contributed by atoms with Crippen LogP contribution in [0, 0.1) is 0 Å². The first kappa shape index (κ1) is 13.6. The lowest BCUT2D eigenvalue weighted by molar-refractivity contribution is 0.347. The fourth-order valence-electron chi connectivity index (χ4n) is 3.63. The molecule has 0 atom stereocenters. The molecule has 0 bridgehead atoms. The number of hydrogen-bond acceptors (Lipinski definition) is 3. The van der Waals surface area contributed by atoms with Crippen molar-refractivity contribution in [3.05, 3.63) is 24.3 Å². The maximum absolute atomic E-state index is 6.22. The van der Waals surface area contributed by atoms with Crippen LogP contribution in [-0.4, -0.2) is 21.1 Å². The standard InChI is InChI=1S/C16H24N4/c1-2-20-14-7-10-18-11-13(14)19-15(20)16(12-17)8-5-3-4-6-9-16/h7,10-11H,2-6,8-9,12,17H2,1H3. The highest BCUT2D eigenvalue weighted by Gasteiger charge is 2.36. The Labute approximate surface area is 120 Å². The van der Waals surface area contributed by atoms with E-state index >= 15 is 0 Å². The maximum atomic E-state index is 6.22. The van der Waals surface area contributed by atoms with Crippen molar-refractivity contribution in [1.29, 1.82) is 0 Å². The highest BCUT2D eigenvalue weighted by molar-refractivity contribution is 5.75. The summed E-state index contributed by atoms with van der Waals surface area (Å²) in [5.74, 6) is 1.19. The van der Waals surface area contributed by atoms with Crippen LogP contribution < -0.4 is 5.73 Å². The first-order valence-electron chi connectivity index (χ1n) is 7.81. The fraction of sp³-hybridized carbons (Fsp3) is 0.625. The van der Waals surface area contributed by atoms with Crippen molar-refractivity contribution >= 4 is 11.0 Å². The number of aromatic nitrogens is 3. The number of nitrogens with zero attached hydrogens (tertiary/aromatic N) is 3. The number of nitrogens with two attached hydrogens (primary N) is 1. The number of rotatable bonds is 3. The zero-order chi connectivity index (χ0) is 14.0. The Bertz CT molecular complexity index is 579. The molecule has 0 unspecified atom stereocenters. The SMILES string of the molecule is CCn1c(C2(CN)CCCCCC2)nc2cnccc21. The van der Waals surface area contributed by atoms with Gasteiger partial charge in [-0.05, 0) is 25.8 Å².